The quantitative estimate of drug-likeness (QED) is 0.904. The van der Waals surface area contributed by atoms with E-state index in [1.807, 2.05) is 0 Å². The zero-order valence-corrected chi connectivity index (χ0v) is 11.8. The van der Waals surface area contributed by atoms with Crippen LogP contribution in [0, 0.1) is 0 Å². The minimum atomic E-state index is 0.581. The van der Waals surface area contributed by atoms with Crippen LogP contribution in [-0.4, -0.2) is 37.7 Å². The van der Waals surface area contributed by atoms with E-state index in [0.717, 1.165) is 18.9 Å². The highest BCUT2D eigenvalue weighted by atomic mass is 16.5. The Morgan fingerprint density at radius 3 is 3.16 bits per heavy atom. The molecule has 1 unspecified atom stereocenters. The van der Waals surface area contributed by atoms with Crippen LogP contribution in [0.3, 0.4) is 0 Å². The second-order valence-corrected chi connectivity index (χ2v) is 5.79. The number of likely N-dealkylation sites (tertiary alicyclic amines) is 1. The molecule has 0 radical (unpaired) electrons. The molecule has 1 atom stereocenters. The highest BCUT2D eigenvalue weighted by Gasteiger charge is 2.19. The van der Waals surface area contributed by atoms with Crippen LogP contribution in [0.25, 0.3) is 0 Å². The average molecular weight is 260 g/mol. The molecule has 19 heavy (non-hydrogen) atoms. The number of fused-ring (bicyclic) bond motifs is 1. The van der Waals surface area contributed by atoms with E-state index < -0.39 is 0 Å². The lowest BCUT2D eigenvalue weighted by Gasteiger charge is -2.32. The zero-order chi connectivity index (χ0) is 13.1. The minimum absolute atomic E-state index is 0.581. The lowest BCUT2D eigenvalue weighted by molar-refractivity contribution is 0.125. The van der Waals surface area contributed by atoms with E-state index in [0.29, 0.717) is 6.04 Å². The van der Waals surface area contributed by atoms with Gasteiger partial charge in [0.15, 0.2) is 0 Å². The molecule has 1 fully saturated rings. The molecule has 3 nitrogen and oxygen atoms in total. The van der Waals surface area contributed by atoms with Crippen molar-refractivity contribution in [3.05, 3.63) is 23.8 Å². The first-order valence-electron chi connectivity index (χ1n) is 7.53. The van der Waals surface area contributed by atoms with Gasteiger partial charge in [0.2, 0.25) is 0 Å². The minimum Gasteiger partial charge on any atom is -0.492 e. The van der Waals surface area contributed by atoms with Gasteiger partial charge in [-0.3, -0.25) is 0 Å². The van der Waals surface area contributed by atoms with Crippen molar-refractivity contribution in [3.63, 3.8) is 0 Å². The van der Waals surface area contributed by atoms with Gasteiger partial charge in [0.05, 0.1) is 0 Å². The van der Waals surface area contributed by atoms with Crippen LogP contribution in [0.1, 0.15) is 31.2 Å². The number of hydrogen-bond acceptors (Lipinski definition) is 3. The van der Waals surface area contributed by atoms with Crippen molar-refractivity contribution in [1.82, 2.24) is 4.90 Å². The van der Waals surface area contributed by atoms with Gasteiger partial charge in [0.25, 0.3) is 0 Å². The van der Waals surface area contributed by atoms with Gasteiger partial charge in [0, 0.05) is 24.3 Å². The number of hydrogen-bond donors (Lipinski definition) is 1. The largest absolute Gasteiger partial charge is 0.492 e. The first kappa shape index (κ1) is 12.8. The Bertz CT molecular complexity index is 433. The second kappa shape index (κ2) is 5.83. The molecule has 104 valence electrons. The molecule has 0 spiro atoms. The maximum atomic E-state index is 6.00. The molecule has 3 rings (SSSR count). The normalized spacial score (nSPS) is 23.5. The number of nitrogens with one attached hydrogen (secondary N) is 1. The van der Waals surface area contributed by atoms with Gasteiger partial charge < -0.3 is 15.0 Å². The van der Waals surface area contributed by atoms with E-state index in [4.69, 9.17) is 4.74 Å². The topological polar surface area (TPSA) is 24.5 Å². The van der Waals surface area contributed by atoms with Crippen molar-refractivity contribution in [2.45, 2.75) is 38.1 Å². The molecular weight excluding hydrogens is 236 g/mol. The van der Waals surface area contributed by atoms with E-state index in [9.17, 15) is 0 Å². The Morgan fingerprint density at radius 2 is 2.26 bits per heavy atom. The third-order valence-electron chi connectivity index (χ3n) is 4.38. The maximum Gasteiger partial charge on any atom is 0.121 e. The molecule has 0 saturated carbocycles. The molecule has 2 heterocycles. The summed E-state index contributed by atoms with van der Waals surface area (Å²) in [6.07, 6.45) is 6.35. The van der Waals surface area contributed by atoms with Gasteiger partial charge in [-0.25, -0.2) is 0 Å². The standard InChI is InChI=1S/C16H24N2O/c1-18-10-3-2-6-14(18)12-19-15-8-7-13-5-4-9-17-16(13)11-15/h7-8,11,14,17H,2-6,9-10,12H2,1H3. The van der Waals surface area contributed by atoms with E-state index in [2.05, 4.69) is 35.5 Å². The van der Waals surface area contributed by atoms with Crippen LogP contribution < -0.4 is 10.1 Å². The molecule has 3 heteroatoms. The predicted molar refractivity (Wildman–Crippen MR) is 79.0 cm³/mol. The highest BCUT2D eigenvalue weighted by Crippen LogP contribution is 2.27. The number of likely N-dealkylation sites (N-methyl/N-ethyl adjacent to an activating group) is 1. The van der Waals surface area contributed by atoms with Gasteiger partial charge in [-0.15, -0.1) is 0 Å². The molecule has 1 aromatic carbocycles. The van der Waals surface area contributed by atoms with E-state index in [1.54, 1.807) is 0 Å². The number of aryl methyl sites for hydroxylation is 1. The van der Waals surface area contributed by atoms with Crippen molar-refractivity contribution in [2.24, 2.45) is 0 Å². The van der Waals surface area contributed by atoms with Crippen molar-refractivity contribution < 1.29 is 4.74 Å². The number of piperidine rings is 1. The van der Waals surface area contributed by atoms with Crippen molar-refractivity contribution in [1.29, 1.82) is 0 Å². The van der Waals surface area contributed by atoms with E-state index in [1.165, 1.54) is 49.9 Å². The molecule has 1 N–H and O–H groups in total. The van der Waals surface area contributed by atoms with Crippen LogP contribution in [0.2, 0.25) is 0 Å². The van der Waals surface area contributed by atoms with Crippen molar-refractivity contribution in [3.8, 4) is 5.75 Å². The van der Waals surface area contributed by atoms with Crippen LogP contribution in [0.15, 0.2) is 18.2 Å². The predicted octanol–water partition coefficient (Wildman–Crippen LogP) is 2.91. The van der Waals surface area contributed by atoms with Crippen LogP contribution in [0.4, 0.5) is 5.69 Å². The zero-order valence-electron chi connectivity index (χ0n) is 11.8. The first-order valence-corrected chi connectivity index (χ1v) is 7.53. The summed E-state index contributed by atoms with van der Waals surface area (Å²) in [5.74, 6) is 1.01. The first-order chi connectivity index (χ1) is 9.33. The number of ether oxygens (including phenoxy) is 1. The molecule has 0 bridgehead atoms. The maximum absolute atomic E-state index is 6.00. The summed E-state index contributed by atoms with van der Waals surface area (Å²) < 4.78 is 6.00. The number of rotatable bonds is 3. The number of anilines is 1. The fraction of sp³-hybridized carbons (Fsp3) is 0.625. The second-order valence-electron chi connectivity index (χ2n) is 5.79. The molecule has 0 amide bonds. The average Bonchev–Trinajstić information content (AvgIpc) is 2.46. The van der Waals surface area contributed by atoms with Crippen LogP contribution in [-0.2, 0) is 6.42 Å². The van der Waals surface area contributed by atoms with Crippen molar-refractivity contribution in [2.75, 3.05) is 32.1 Å². The number of nitrogens with zero attached hydrogens (tertiary/aromatic N) is 1. The lowest BCUT2D eigenvalue weighted by Crippen LogP contribution is -2.40. The van der Waals surface area contributed by atoms with E-state index in [-0.39, 0.29) is 0 Å². The van der Waals surface area contributed by atoms with Crippen LogP contribution >= 0.6 is 0 Å². The third-order valence-corrected chi connectivity index (χ3v) is 4.38. The molecule has 0 aliphatic carbocycles. The SMILES string of the molecule is CN1CCCCC1COc1ccc2c(c1)NCCC2. The summed E-state index contributed by atoms with van der Waals surface area (Å²) >= 11 is 0. The fourth-order valence-electron chi connectivity index (χ4n) is 3.08. The molecule has 2 aliphatic heterocycles. The summed E-state index contributed by atoms with van der Waals surface area (Å²) in [7, 11) is 2.21. The van der Waals surface area contributed by atoms with Gasteiger partial charge in [-0.2, -0.15) is 0 Å². The fourth-order valence-corrected chi connectivity index (χ4v) is 3.08. The summed E-state index contributed by atoms with van der Waals surface area (Å²) in [5, 5.41) is 3.46. The Balaban J connectivity index is 1.60. The summed E-state index contributed by atoms with van der Waals surface area (Å²) in [6, 6.07) is 7.07. The number of benzene rings is 1. The van der Waals surface area contributed by atoms with Gasteiger partial charge >= 0.3 is 0 Å². The van der Waals surface area contributed by atoms with Crippen LogP contribution in [0.5, 0.6) is 5.75 Å². The van der Waals surface area contributed by atoms with E-state index >= 15 is 0 Å². The molecule has 1 aromatic rings. The molecule has 1 saturated heterocycles. The molecule has 2 aliphatic rings. The summed E-state index contributed by atoms with van der Waals surface area (Å²) in [4.78, 5) is 2.43. The Labute approximate surface area is 115 Å². The van der Waals surface area contributed by atoms with Crippen molar-refractivity contribution >= 4 is 5.69 Å². The molecule has 0 aromatic heterocycles. The Kier molecular flexibility index (Phi) is 3.92. The van der Waals surface area contributed by atoms with Gasteiger partial charge in [-0.05, 0) is 50.9 Å². The summed E-state index contributed by atoms with van der Waals surface area (Å²) in [6.45, 7) is 3.11. The van der Waals surface area contributed by atoms with Gasteiger partial charge in [0.1, 0.15) is 12.4 Å². The Hall–Kier alpha value is -1.22. The monoisotopic (exact) mass is 260 g/mol. The Morgan fingerprint density at radius 1 is 1.32 bits per heavy atom. The summed E-state index contributed by atoms with van der Waals surface area (Å²) in [5.41, 5.74) is 2.69. The lowest BCUT2D eigenvalue weighted by atomic mass is 10.0. The third kappa shape index (κ3) is 3.03. The van der Waals surface area contributed by atoms with Gasteiger partial charge in [-0.1, -0.05) is 12.5 Å². The highest BCUT2D eigenvalue weighted by molar-refractivity contribution is 5.56. The molecular formula is C16H24N2O. The smallest absolute Gasteiger partial charge is 0.121 e.